The van der Waals surface area contributed by atoms with Crippen molar-refractivity contribution in [2.75, 3.05) is 5.32 Å². The zero-order chi connectivity index (χ0) is 20.6. The van der Waals surface area contributed by atoms with Gasteiger partial charge in [-0.3, -0.25) is 4.79 Å². The van der Waals surface area contributed by atoms with Gasteiger partial charge in [0.15, 0.2) is 0 Å². The molecule has 0 spiro atoms. The van der Waals surface area contributed by atoms with Gasteiger partial charge in [0.25, 0.3) is 0 Å². The number of carbonyl (C=O) groups excluding carboxylic acids is 1. The van der Waals surface area contributed by atoms with E-state index in [0.717, 1.165) is 37.7 Å². The summed E-state index contributed by atoms with van der Waals surface area (Å²) in [7, 11) is -3.77. The molecule has 1 fully saturated rings. The number of halogens is 1. The van der Waals surface area contributed by atoms with Crippen LogP contribution in [0.4, 0.5) is 10.1 Å². The molecule has 2 aromatic rings. The van der Waals surface area contributed by atoms with Crippen LogP contribution in [0.1, 0.15) is 56.1 Å². The Kier molecular flexibility index (Phi) is 5.44. The molecule has 0 unspecified atom stereocenters. The Bertz CT molecular complexity index is 1010. The first-order chi connectivity index (χ1) is 13.9. The number of nitrogens with one attached hydrogen (secondary N) is 1. The maximum atomic E-state index is 13.6. The molecule has 1 amide bonds. The lowest BCUT2D eigenvalue weighted by molar-refractivity contribution is -0.116. The lowest BCUT2D eigenvalue weighted by Gasteiger charge is -2.33. The van der Waals surface area contributed by atoms with Crippen LogP contribution < -0.4 is 5.32 Å². The van der Waals surface area contributed by atoms with E-state index in [0.29, 0.717) is 11.3 Å². The van der Waals surface area contributed by atoms with Crippen LogP contribution in [0.3, 0.4) is 0 Å². The minimum absolute atomic E-state index is 0.0794. The van der Waals surface area contributed by atoms with E-state index in [4.69, 9.17) is 0 Å². The van der Waals surface area contributed by atoms with E-state index in [9.17, 15) is 17.6 Å². The average Bonchev–Trinajstić information content (AvgIpc) is 3.01. The molecule has 1 N–H and O–H groups in total. The summed E-state index contributed by atoms with van der Waals surface area (Å²) in [4.78, 5) is 12.1. The molecule has 1 saturated carbocycles. The average molecular weight is 417 g/mol. The van der Waals surface area contributed by atoms with Crippen molar-refractivity contribution < 1.29 is 17.6 Å². The molecule has 2 aromatic carbocycles. The molecule has 0 bridgehead atoms. The highest BCUT2D eigenvalue weighted by atomic mass is 32.2. The minimum Gasteiger partial charge on any atom is -0.325 e. The van der Waals surface area contributed by atoms with Crippen molar-refractivity contribution in [3.8, 4) is 0 Å². The maximum Gasteiger partial charge on any atom is 0.243 e. The summed E-state index contributed by atoms with van der Waals surface area (Å²) in [5, 5.41) is 2.78. The lowest BCUT2D eigenvalue weighted by Crippen LogP contribution is -2.40. The third kappa shape index (κ3) is 3.94. The van der Waals surface area contributed by atoms with Crippen molar-refractivity contribution in [2.45, 2.75) is 62.4 Å². The van der Waals surface area contributed by atoms with Crippen molar-refractivity contribution in [1.29, 1.82) is 0 Å². The minimum atomic E-state index is -3.77. The number of benzene rings is 2. The van der Waals surface area contributed by atoms with Gasteiger partial charge in [-0.25, -0.2) is 12.8 Å². The molecule has 1 aliphatic heterocycles. The highest BCUT2D eigenvalue weighted by molar-refractivity contribution is 7.89. The predicted molar refractivity (Wildman–Crippen MR) is 109 cm³/mol. The largest absolute Gasteiger partial charge is 0.325 e. The van der Waals surface area contributed by atoms with Gasteiger partial charge in [0.1, 0.15) is 5.82 Å². The fourth-order valence-corrected chi connectivity index (χ4v) is 5.95. The molecule has 4 rings (SSSR count). The summed E-state index contributed by atoms with van der Waals surface area (Å²) in [6.45, 7) is 1.98. The number of hydrogen-bond donors (Lipinski definition) is 1. The summed E-state index contributed by atoms with van der Waals surface area (Å²) in [6, 6.07) is 10.7. The summed E-state index contributed by atoms with van der Waals surface area (Å²) in [5.41, 5.74) is 2.14. The van der Waals surface area contributed by atoms with Crippen LogP contribution in [0.15, 0.2) is 47.4 Å². The predicted octanol–water partition coefficient (Wildman–Crippen LogP) is 4.40. The van der Waals surface area contributed by atoms with Crippen LogP contribution in [0, 0.1) is 5.82 Å². The van der Waals surface area contributed by atoms with Crippen molar-refractivity contribution in [2.24, 2.45) is 0 Å². The second kappa shape index (κ2) is 7.88. The fourth-order valence-electron chi connectivity index (χ4n) is 4.24. The van der Waals surface area contributed by atoms with Gasteiger partial charge in [-0.1, -0.05) is 31.4 Å². The standard InChI is InChI=1S/C22H25FN2O3S/c1-15-20-13-19(11-12-21(20)24-22(15)26)29(27,28)25(18-5-3-2-4-6-18)14-16-7-9-17(23)10-8-16/h7-13,15,18H,2-6,14H2,1H3,(H,24,26)/t15-/m0/s1. The highest BCUT2D eigenvalue weighted by Crippen LogP contribution is 2.36. The topological polar surface area (TPSA) is 66.5 Å². The number of nitrogens with zero attached hydrogens (tertiary/aromatic N) is 1. The number of rotatable bonds is 5. The smallest absolute Gasteiger partial charge is 0.243 e. The molecule has 5 nitrogen and oxygen atoms in total. The van der Waals surface area contributed by atoms with Gasteiger partial charge < -0.3 is 5.32 Å². The number of anilines is 1. The van der Waals surface area contributed by atoms with Crippen LogP contribution in [0.5, 0.6) is 0 Å². The van der Waals surface area contributed by atoms with Crippen molar-refractivity contribution in [3.05, 3.63) is 59.4 Å². The van der Waals surface area contributed by atoms with E-state index in [1.807, 2.05) is 0 Å². The van der Waals surface area contributed by atoms with E-state index >= 15 is 0 Å². The van der Waals surface area contributed by atoms with Gasteiger partial charge in [0.05, 0.1) is 10.8 Å². The molecule has 0 aromatic heterocycles. The van der Waals surface area contributed by atoms with Gasteiger partial charge in [0.2, 0.25) is 15.9 Å². The molecular weight excluding hydrogens is 391 g/mol. The van der Waals surface area contributed by atoms with Gasteiger partial charge in [-0.15, -0.1) is 0 Å². The quantitative estimate of drug-likeness (QED) is 0.785. The Morgan fingerprint density at radius 3 is 2.45 bits per heavy atom. The number of hydrogen-bond acceptors (Lipinski definition) is 3. The Morgan fingerprint density at radius 1 is 1.07 bits per heavy atom. The fraction of sp³-hybridized carbons (Fsp3) is 0.409. The molecule has 1 heterocycles. The Morgan fingerprint density at radius 2 is 1.76 bits per heavy atom. The van der Waals surface area contributed by atoms with Crippen LogP contribution in [0.25, 0.3) is 0 Å². The molecule has 154 valence electrons. The number of amides is 1. The Hall–Kier alpha value is -2.25. The summed E-state index contributed by atoms with van der Waals surface area (Å²) in [6.07, 6.45) is 4.76. The van der Waals surface area contributed by atoms with Crippen LogP contribution >= 0.6 is 0 Å². The summed E-state index contributed by atoms with van der Waals surface area (Å²) in [5.74, 6) is -0.837. The van der Waals surface area contributed by atoms with Crippen molar-refractivity contribution >= 4 is 21.6 Å². The third-order valence-electron chi connectivity index (χ3n) is 5.98. The van der Waals surface area contributed by atoms with Crippen LogP contribution in [-0.4, -0.2) is 24.7 Å². The molecule has 29 heavy (non-hydrogen) atoms. The summed E-state index contributed by atoms with van der Waals surface area (Å²) < 4.78 is 42.1. The van der Waals surface area contributed by atoms with E-state index in [1.54, 1.807) is 41.6 Å². The first kappa shape index (κ1) is 20.0. The van der Waals surface area contributed by atoms with Gasteiger partial charge in [0, 0.05) is 18.3 Å². The second-order valence-corrected chi connectivity index (χ2v) is 9.82. The number of sulfonamides is 1. The zero-order valence-corrected chi connectivity index (χ0v) is 17.2. The van der Waals surface area contributed by atoms with E-state index in [-0.39, 0.29) is 35.1 Å². The van der Waals surface area contributed by atoms with Gasteiger partial charge >= 0.3 is 0 Å². The molecule has 0 saturated heterocycles. The van der Waals surface area contributed by atoms with E-state index in [2.05, 4.69) is 5.32 Å². The molecule has 1 atom stereocenters. The molecular formula is C22H25FN2O3S. The first-order valence-corrected chi connectivity index (χ1v) is 11.5. The van der Waals surface area contributed by atoms with Crippen molar-refractivity contribution in [3.63, 3.8) is 0 Å². The SMILES string of the molecule is C[C@@H]1C(=O)Nc2ccc(S(=O)(=O)N(Cc3ccc(F)cc3)C3CCCCC3)cc21. The third-order valence-corrected chi connectivity index (χ3v) is 7.88. The second-order valence-electron chi connectivity index (χ2n) is 7.93. The zero-order valence-electron chi connectivity index (χ0n) is 16.4. The van der Waals surface area contributed by atoms with E-state index < -0.39 is 10.0 Å². The number of fused-ring (bicyclic) bond motifs is 1. The molecule has 1 aliphatic carbocycles. The lowest BCUT2D eigenvalue weighted by atomic mass is 9.95. The van der Waals surface area contributed by atoms with Gasteiger partial charge in [-0.05, 0) is 61.2 Å². The van der Waals surface area contributed by atoms with Crippen LogP contribution in [0.2, 0.25) is 0 Å². The monoisotopic (exact) mass is 416 g/mol. The van der Waals surface area contributed by atoms with E-state index in [1.165, 1.54) is 12.1 Å². The maximum absolute atomic E-state index is 13.6. The van der Waals surface area contributed by atoms with Crippen molar-refractivity contribution in [1.82, 2.24) is 4.31 Å². The summed E-state index contributed by atoms with van der Waals surface area (Å²) >= 11 is 0. The van der Waals surface area contributed by atoms with Gasteiger partial charge in [-0.2, -0.15) is 4.31 Å². The Labute approximate surface area is 171 Å². The number of carbonyl (C=O) groups is 1. The first-order valence-electron chi connectivity index (χ1n) is 10.1. The van der Waals surface area contributed by atoms with Crippen LogP contribution in [-0.2, 0) is 21.4 Å². The Balaban J connectivity index is 1.70. The highest BCUT2D eigenvalue weighted by Gasteiger charge is 2.34. The molecule has 0 radical (unpaired) electrons. The molecule has 2 aliphatic rings. The normalized spacial score (nSPS) is 20.0. The molecule has 7 heteroatoms.